The summed E-state index contributed by atoms with van der Waals surface area (Å²) in [5.41, 5.74) is 1.18. The molecule has 0 aromatic heterocycles. The molecule has 0 heterocycles. The number of hydrogen-bond donors (Lipinski definition) is 0. The number of allylic oxidation sites excluding steroid dienone is 1. The molecule has 3 nitrogen and oxygen atoms in total. The second-order valence-corrected chi connectivity index (χ2v) is 5.67. The topological polar surface area (TPSA) is 50.1 Å². The van der Waals surface area contributed by atoms with Crippen molar-refractivity contribution in [2.24, 2.45) is 0 Å². The molecule has 1 unspecified atom stereocenters. The number of carbonyl (C=O) groups is 1. The number of benzene rings is 2. The first-order chi connectivity index (χ1) is 11.0. The highest BCUT2D eigenvalue weighted by molar-refractivity contribution is 6.30. The van der Waals surface area contributed by atoms with Crippen LogP contribution in [0.1, 0.15) is 18.1 Å². The van der Waals surface area contributed by atoms with Crippen molar-refractivity contribution in [2.45, 2.75) is 12.3 Å². The zero-order valence-electron chi connectivity index (χ0n) is 12.9. The molecule has 0 spiro atoms. The van der Waals surface area contributed by atoms with Crippen molar-refractivity contribution >= 4 is 17.6 Å². The molecule has 0 aliphatic rings. The van der Waals surface area contributed by atoms with Crippen LogP contribution < -0.4 is 0 Å². The van der Waals surface area contributed by atoms with Gasteiger partial charge in [0.15, 0.2) is 0 Å². The fourth-order valence-corrected chi connectivity index (χ4v) is 2.58. The number of hydrogen-bond acceptors (Lipinski definition) is 3. The van der Waals surface area contributed by atoms with Crippen LogP contribution in [0.25, 0.3) is 0 Å². The van der Waals surface area contributed by atoms with Gasteiger partial charge in [0.05, 0.1) is 7.11 Å². The van der Waals surface area contributed by atoms with E-state index in [1.807, 2.05) is 55.5 Å². The number of nitrogens with zero attached hydrogens (tertiary/aromatic N) is 1. The molecule has 0 saturated heterocycles. The number of ether oxygens (including phenoxy) is 1. The lowest BCUT2D eigenvalue weighted by atomic mass is 9.75. The van der Waals surface area contributed by atoms with E-state index in [9.17, 15) is 10.1 Å². The zero-order chi connectivity index (χ0) is 16.9. The van der Waals surface area contributed by atoms with Gasteiger partial charge >= 0.3 is 5.97 Å². The molecule has 4 heteroatoms. The third-order valence-corrected chi connectivity index (χ3v) is 4.03. The monoisotopic (exact) mass is 325 g/mol. The highest BCUT2D eigenvalue weighted by Gasteiger charge is 2.29. The van der Waals surface area contributed by atoms with Gasteiger partial charge in [-0.3, -0.25) is 0 Å². The molecule has 0 aliphatic carbocycles. The normalized spacial score (nSPS) is 13.7. The van der Waals surface area contributed by atoms with Crippen molar-refractivity contribution in [3.63, 3.8) is 0 Å². The Labute approximate surface area is 140 Å². The number of methoxy groups -OCH3 is 1. The Hall–Kier alpha value is -2.57. The minimum absolute atomic E-state index is 0.0335. The maximum Gasteiger partial charge on any atom is 0.348 e. The van der Waals surface area contributed by atoms with E-state index in [4.69, 9.17) is 11.6 Å². The zero-order valence-corrected chi connectivity index (χ0v) is 13.7. The lowest BCUT2D eigenvalue weighted by Gasteiger charge is -2.28. The molecule has 0 N–H and O–H groups in total. The number of halogens is 1. The Balaban J connectivity index is 2.66. The molecule has 23 heavy (non-hydrogen) atoms. The van der Waals surface area contributed by atoms with Crippen LogP contribution in [-0.2, 0) is 14.9 Å². The Morgan fingerprint density at radius 2 is 1.70 bits per heavy atom. The largest absolute Gasteiger partial charge is 0.465 e. The summed E-state index contributed by atoms with van der Waals surface area (Å²) in [6.07, 6.45) is 1.64. The van der Waals surface area contributed by atoms with Crippen LogP contribution in [0.15, 0.2) is 66.2 Å². The first kappa shape index (κ1) is 16.8. The van der Waals surface area contributed by atoms with Gasteiger partial charge in [0.2, 0.25) is 0 Å². The smallest absolute Gasteiger partial charge is 0.348 e. The number of carbonyl (C=O) groups excluding carboxylic acids is 1. The molecule has 2 rings (SSSR count). The van der Waals surface area contributed by atoms with Gasteiger partial charge in [-0.1, -0.05) is 54.1 Å². The minimum Gasteiger partial charge on any atom is -0.465 e. The first-order valence-corrected chi connectivity index (χ1v) is 7.42. The molecule has 0 aliphatic heterocycles. The van der Waals surface area contributed by atoms with Crippen LogP contribution in [0.5, 0.6) is 0 Å². The summed E-state index contributed by atoms with van der Waals surface area (Å²) in [4.78, 5) is 11.8. The van der Waals surface area contributed by atoms with Crippen molar-refractivity contribution in [1.29, 1.82) is 5.26 Å². The molecule has 2 aromatic carbocycles. The van der Waals surface area contributed by atoms with Crippen LogP contribution in [0.4, 0.5) is 0 Å². The van der Waals surface area contributed by atoms with Crippen molar-refractivity contribution in [3.05, 3.63) is 82.4 Å². The second-order valence-electron chi connectivity index (χ2n) is 5.24. The van der Waals surface area contributed by atoms with Crippen LogP contribution in [0, 0.1) is 11.3 Å². The van der Waals surface area contributed by atoms with E-state index in [2.05, 4.69) is 4.74 Å². The number of rotatable bonds is 4. The van der Waals surface area contributed by atoms with Crippen molar-refractivity contribution in [3.8, 4) is 6.07 Å². The predicted octanol–water partition coefficient (Wildman–Crippen LogP) is 4.27. The van der Waals surface area contributed by atoms with Gasteiger partial charge in [-0.25, -0.2) is 4.79 Å². The Bertz CT molecular complexity index is 760. The molecule has 2 aromatic rings. The fourth-order valence-electron chi connectivity index (χ4n) is 2.45. The highest BCUT2D eigenvalue weighted by atomic mass is 35.5. The molecule has 0 bridgehead atoms. The minimum atomic E-state index is -0.662. The van der Waals surface area contributed by atoms with E-state index >= 15 is 0 Å². The SMILES string of the molecule is COC(=O)/C(C#N)=C\C(C)(c1ccccc1)c1ccc(Cl)cc1. The van der Waals surface area contributed by atoms with Gasteiger partial charge in [0.25, 0.3) is 0 Å². The molecular weight excluding hydrogens is 310 g/mol. The average molecular weight is 326 g/mol. The number of esters is 1. The van der Waals surface area contributed by atoms with Crippen molar-refractivity contribution < 1.29 is 9.53 Å². The van der Waals surface area contributed by atoms with Gasteiger partial charge in [-0.2, -0.15) is 5.26 Å². The van der Waals surface area contributed by atoms with Gasteiger partial charge < -0.3 is 4.74 Å². The first-order valence-electron chi connectivity index (χ1n) is 7.04. The lowest BCUT2D eigenvalue weighted by Crippen LogP contribution is -2.23. The molecule has 0 saturated carbocycles. The van der Waals surface area contributed by atoms with Crippen molar-refractivity contribution in [2.75, 3.05) is 7.11 Å². The van der Waals surface area contributed by atoms with E-state index in [0.29, 0.717) is 5.02 Å². The van der Waals surface area contributed by atoms with Gasteiger partial charge in [0.1, 0.15) is 11.6 Å². The standard InChI is InChI=1S/C19H16ClNO2/c1-19(15-6-4-3-5-7-15,12-14(13-21)18(22)23-2)16-8-10-17(20)11-9-16/h3-12H,1-2H3/b14-12-. The van der Waals surface area contributed by atoms with Gasteiger partial charge in [-0.15, -0.1) is 0 Å². The van der Waals surface area contributed by atoms with Crippen LogP contribution in [0.3, 0.4) is 0 Å². The van der Waals surface area contributed by atoms with E-state index in [1.165, 1.54) is 7.11 Å². The maximum absolute atomic E-state index is 11.8. The predicted molar refractivity (Wildman–Crippen MR) is 90.1 cm³/mol. The van der Waals surface area contributed by atoms with Crippen molar-refractivity contribution in [1.82, 2.24) is 0 Å². The fraction of sp³-hybridized carbons (Fsp3) is 0.158. The maximum atomic E-state index is 11.8. The van der Waals surface area contributed by atoms with E-state index in [-0.39, 0.29) is 5.57 Å². The molecule has 0 fully saturated rings. The molecule has 116 valence electrons. The Kier molecular flexibility index (Phi) is 5.20. The van der Waals surface area contributed by atoms with Crippen LogP contribution in [0.2, 0.25) is 5.02 Å². The average Bonchev–Trinajstić information content (AvgIpc) is 2.60. The summed E-state index contributed by atoms with van der Waals surface area (Å²) in [5.74, 6) is -0.649. The highest BCUT2D eigenvalue weighted by Crippen LogP contribution is 2.35. The third-order valence-electron chi connectivity index (χ3n) is 3.78. The Morgan fingerprint density at radius 3 is 2.22 bits per heavy atom. The summed E-state index contributed by atoms with van der Waals surface area (Å²) < 4.78 is 4.69. The van der Waals surface area contributed by atoms with E-state index in [1.54, 1.807) is 18.2 Å². The summed E-state index contributed by atoms with van der Waals surface area (Å²) in [5, 5.41) is 9.92. The van der Waals surface area contributed by atoms with E-state index < -0.39 is 11.4 Å². The molecule has 0 radical (unpaired) electrons. The quantitative estimate of drug-likeness (QED) is 0.479. The summed E-state index contributed by atoms with van der Waals surface area (Å²) >= 11 is 5.97. The molecule has 0 amide bonds. The van der Waals surface area contributed by atoms with Crippen LogP contribution in [-0.4, -0.2) is 13.1 Å². The Morgan fingerprint density at radius 1 is 1.13 bits per heavy atom. The van der Waals surface area contributed by atoms with Gasteiger partial charge in [-0.05, 0) is 36.3 Å². The second kappa shape index (κ2) is 7.13. The summed E-state index contributed by atoms with van der Waals surface area (Å²) in [6.45, 7) is 1.95. The number of nitriles is 1. The molecular formula is C19H16ClNO2. The van der Waals surface area contributed by atoms with E-state index in [0.717, 1.165) is 11.1 Å². The van der Waals surface area contributed by atoms with Gasteiger partial charge in [0, 0.05) is 10.4 Å². The third kappa shape index (κ3) is 3.61. The summed E-state index contributed by atoms with van der Waals surface area (Å²) in [7, 11) is 1.26. The lowest BCUT2D eigenvalue weighted by molar-refractivity contribution is -0.135. The molecule has 1 atom stereocenters. The summed E-state index contributed by atoms with van der Waals surface area (Å²) in [6, 6.07) is 18.9. The van der Waals surface area contributed by atoms with Crippen LogP contribution >= 0.6 is 11.6 Å².